The average molecular weight is 571 g/mol. The summed E-state index contributed by atoms with van der Waals surface area (Å²) in [6.45, 7) is 9.31. The summed E-state index contributed by atoms with van der Waals surface area (Å²) >= 11 is 1.53. The molecule has 1 aromatic heterocycles. The van der Waals surface area contributed by atoms with Crippen molar-refractivity contribution in [2.24, 2.45) is 0 Å². The molecule has 0 spiro atoms. The monoisotopic (exact) mass is 570 g/mol. The average Bonchev–Trinajstić information content (AvgIpc) is 3.40. The maximum atomic E-state index is 13.9. The number of para-hydroxylation sites is 1. The highest BCUT2D eigenvalue weighted by Crippen LogP contribution is 2.32. The van der Waals surface area contributed by atoms with Crippen molar-refractivity contribution in [2.75, 3.05) is 50.8 Å². The van der Waals surface area contributed by atoms with Crippen LogP contribution in [0.5, 0.6) is 0 Å². The van der Waals surface area contributed by atoms with Gasteiger partial charge in [-0.05, 0) is 68.5 Å². The first-order valence-corrected chi connectivity index (χ1v) is 16.3. The molecule has 2 fully saturated rings. The zero-order valence-electron chi connectivity index (χ0n) is 22.8. The number of sulfonamides is 1. The molecule has 8 nitrogen and oxygen atoms in total. The Bertz CT molecular complexity index is 1380. The van der Waals surface area contributed by atoms with Gasteiger partial charge in [0.15, 0.2) is 5.13 Å². The number of hydrogen-bond donors (Lipinski definition) is 0. The van der Waals surface area contributed by atoms with Crippen LogP contribution in [0.3, 0.4) is 0 Å². The summed E-state index contributed by atoms with van der Waals surface area (Å²) in [5, 5.41) is 0.678. The maximum absolute atomic E-state index is 13.9. The van der Waals surface area contributed by atoms with Crippen molar-refractivity contribution in [1.82, 2.24) is 14.2 Å². The molecular weight excluding hydrogens is 532 g/mol. The van der Waals surface area contributed by atoms with Crippen molar-refractivity contribution in [3.63, 3.8) is 0 Å². The van der Waals surface area contributed by atoms with E-state index in [1.807, 2.05) is 19.1 Å². The van der Waals surface area contributed by atoms with Gasteiger partial charge in [0.2, 0.25) is 10.0 Å². The second kappa shape index (κ2) is 12.4. The molecule has 1 unspecified atom stereocenters. The van der Waals surface area contributed by atoms with E-state index in [4.69, 9.17) is 9.72 Å². The van der Waals surface area contributed by atoms with Gasteiger partial charge in [0.1, 0.15) is 0 Å². The van der Waals surface area contributed by atoms with Crippen molar-refractivity contribution >= 4 is 42.6 Å². The number of anilines is 1. The molecule has 2 aliphatic rings. The Balaban J connectivity index is 1.39. The van der Waals surface area contributed by atoms with Crippen LogP contribution in [-0.2, 0) is 21.2 Å². The SMILES string of the molecule is CCc1cccc2sc(N(CCCN3CCOCC3)C(=O)c3ccc(S(=O)(=O)N4CCCCC4C)cc3)nc12. The number of thiazole rings is 1. The molecule has 0 N–H and O–H groups in total. The number of amides is 1. The molecule has 3 aromatic rings. The summed E-state index contributed by atoms with van der Waals surface area (Å²) in [5.74, 6) is -0.163. The van der Waals surface area contributed by atoms with Crippen LogP contribution in [0.15, 0.2) is 47.4 Å². The highest BCUT2D eigenvalue weighted by Gasteiger charge is 2.31. The number of ether oxygens (including phenoxy) is 1. The number of aromatic nitrogens is 1. The number of hydrogen-bond acceptors (Lipinski definition) is 7. The molecule has 39 heavy (non-hydrogen) atoms. The lowest BCUT2D eigenvalue weighted by molar-refractivity contribution is 0.0376. The third-order valence-corrected chi connectivity index (χ3v) is 10.8. The van der Waals surface area contributed by atoms with E-state index in [1.165, 1.54) is 11.3 Å². The number of aryl methyl sites for hydroxylation is 1. The molecule has 0 aliphatic carbocycles. The Morgan fingerprint density at radius 2 is 1.87 bits per heavy atom. The van der Waals surface area contributed by atoms with Gasteiger partial charge < -0.3 is 4.74 Å². The van der Waals surface area contributed by atoms with E-state index in [1.54, 1.807) is 33.5 Å². The van der Waals surface area contributed by atoms with Crippen LogP contribution < -0.4 is 4.90 Å². The number of rotatable bonds is 9. The summed E-state index contributed by atoms with van der Waals surface area (Å²) in [7, 11) is -3.60. The van der Waals surface area contributed by atoms with Crippen molar-refractivity contribution in [1.29, 1.82) is 0 Å². The molecule has 3 heterocycles. The van der Waals surface area contributed by atoms with Crippen LogP contribution in [0, 0.1) is 0 Å². The number of benzene rings is 2. The highest BCUT2D eigenvalue weighted by molar-refractivity contribution is 7.89. The Morgan fingerprint density at radius 1 is 1.10 bits per heavy atom. The third-order valence-electron chi connectivity index (χ3n) is 7.76. The van der Waals surface area contributed by atoms with Crippen LogP contribution in [0.25, 0.3) is 10.2 Å². The van der Waals surface area contributed by atoms with E-state index in [2.05, 4.69) is 17.9 Å². The predicted octanol–water partition coefficient (Wildman–Crippen LogP) is 4.79. The van der Waals surface area contributed by atoms with Crippen LogP contribution in [0.4, 0.5) is 5.13 Å². The summed E-state index contributed by atoms with van der Waals surface area (Å²) in [4.78, 5) is 23.1. The van der Waals surface area contributed by atoms with Crippen LogP contribution >= 0.6 is 11.3 Å². The van der Waals surface area contributed by atoms with Gasteiger partial charge in [-0.25, -0.2) is 13.4 Å². The van der Waals surface area contributed by atoms with Crippen molar-refractivity contribution in [2.45, 2.75) is 56.9 Å². The first kappa shape index (κ1) is 28.2. The normalized spacial score (nSPS) is 19.4. The minimum Gasteiger partial charge on any atom is -0.379 e. The molecule has 0 bridgehead atoms. The molecular formula is C29H38N4O4S2. The van der Waals surface area contributed by atoms with E-state index in [9.17, 15) is 13.2 Å². The number of carbonyl (C=O) groups is 1. The lowest BCUT2D eigenvalue weighted by atomic mass is 10.1. The molecule has 1 atom stereocenters. The maximum Gasteiger partial charge on any atom is 0.260 e. The fourth-order valence-corrected chi connectivity index (χ4v) is 8.18. The third kappa shape index (κ3) is 6.20. The summed E-state index contributed by atoms with van der Waals surface area (Å²) in [6.07, 6.45) is 4.48. The Hall–Kier alpha value is -2.37. The summed E-state index contributed by atoms with van der Waals surface area (Å²) in [6, 6.07) is 12.6. The summed E-state index contributed by atoms with van der Waals surface area (Å²) < 4.78 is 34.7. The van der Waals surface area contributed by atoms with Crippen LogP contribution in [0.1, 0.15) is 55.5 Å². The Labute approximate surface area is 235 Å². The van der Waals surface area contributed by atoms with Gasteiger partial charge in [-0.1, -0.05) is 36.8 Å². The molecule has 210 valence electrons. The van der Waals surface area contributed by atoms with Gasteiger partial charge in [-0.2, -0.15) is 4.31 Å². The number of morpholine rings is 1. The minimum absolute atomic E-state index is 0.0148. The lowest BCUT2D eigenvalue weighted by Gasteiger charge is -2.32. The Kier molecular flexibility index (Phi) is 8.98. The van der Waals surface area contributed by atoms with Gasteiger partial charge in [0.25, 0.3) is 5.91 Å². The molecule has 1 amide bonds. The quantitative estimate of drug-likeness (QED) is 0.368. The van der Waals surface area contributed by atoms with Gasteiger partial charge >= 0.3 is 0 Å². The Morgan fingerprint density at radius 3 is 2.59 bits per heavy atom. The first-order chi connectivity index (χ1) is 18.9. The van der Waals surface area contributed by atoms with Crippen molar-refractivity contribution in [3.05, 3.63) is 53.6 Å². The van der Waals surface area contributed by atoms with Crippen LogP contribution in [-0.4, -0.2) is 80.5 Å². The first-order valence-electron chi connectivity index (χ1n) is 14.0. The fourth-order valence-electron chi connectivity index (χ4n) is 5.45. The molecule has 2 aliphatic heterocycles. The molecule has 10 heteroatoms. The van der Waals surface area contributed by atoms with Gasteiger partial charge in [0, 0.05) is 44.3 Å². The van der Waals surface area contributed by atoms with E-state index < -0.39 is 10.0 Å². The van der Waals surface area contributed by atoms with Gasteiger partial charge in [-0.3, -0.25) is 14.6 Å². The second-order valence-corrected chi connectivity index (χ2v) is 13.3. The zero-order chi connectivity index (χ0) is 27.4. The largest absolute Gasteiger partial charge is 0.379 e. The van der Waals surface area contributed by atoms with E-state index >= 15 is 0 Å². The van der Waals surface area contributed by atoms with E-state index in [0.717, 1.165) is 80.7 Å². The number of carbonyl (C=O) groups excluding carboxylic acids is 1. The molecule has 5 rings (SSSR count). The van der Waals surface area contributed by atoms with E-state index in [0.29, 0.717) is 23.8 Å². The second-order valence-electron chi connectivity index (χ2n) is 10.4. The smallest absolute Gasteiger partial charge is 0.260 e. The van der Waals surface area contributed by atoms with Gasteiger partial charge in [0.05, 0.1) is 28.3 Å². The van der Waals surface area contributed by atoms with Crippen LogP contribution in [0.2, 0.25) is 0 Å². The van der Waals surface area contributed by atoms with Crippen molar-refractivity contribution in [3.8, 4) is 0 Å². The minimum atomic E-state index is -3.60. The topological polar surface area (TPSA) is 83.0 Å². The van der Waals surface area contributed by atoms with E-state index in [-0.39, 0.29) is 16.8 Å². The number of fused-ring (bicyclic) bond motifs is 1. The number of nitrogens with zero attached hydrogens (tertiary/aromatic N) is 4. The van der Waals surface area contributed by atoms with Crippen molar-refractivity contribution < 1.29 is 17.9 Å². The molecule has 0 radical (unpaired) electrons. The highest BCUT2D eigenvalue weighted by atomic mass is 32.2. The van der Waals surface area contributed by atoms with Gasteiger partial charge in [-0.15, -0.1) is 0 Å². The lowest BCUT2D eigenvalue weighted by Crippen LogP contribution is -2.41. The molecule has 0 saturated carbocycles. The predicted molar refractivity (Wildman–Crippen MR) is 156 cm³/mol. The molecule has 2 saturated heterocycles. The standard InChI is InChI=1S/C29H38N4O4S2/c1-3-23-9-6-10-26-27(23)30-29(38-26)32(16-7-15-31-18-20-37-21-19-31)28(34)24-11-13-25(14-12-24)39(35,36)33-17-5-4-8-22(33)2/h6,9-14,22H,3-5,7-8,15-21H2,1-2H3. The summed E-state index contributed by atoms with van der Waals surface area (Å²) in [5.41, 5.74) is 2.57. The zero-order valence-corrected chi connectivity index (χ0v) is 24.5. The number of piperidine rings is 1. The molecule has 2 aromatic carbocycles. The fraction of sp³-hybridized carbons (Fsp3) is 0.517.